The summed E-state index contributed by atoms with van der Waals surface area (Å²) >= 11 is 0. The number of aryl methyl sites for hydroxylation is 3. The van der Waals surface area contributed by atoms with E-state index < -0.39 is 29.0 Å². The molecule has 0 bridgehead atoms. The van der Waals surface area contributed by atoms with Crippen LogP contribution in [-0.2, 0) is 28.9 Å². The SMILES string of the molecule is CCCCCCc1c(C)c2cc(O)c(O)c(C(CC(=O)OC)c3cc4cccc5c4n(c3=O)CC5)c2oc1=O. The van der Waals surface area contributed by atoms with Crippen LogP contribution < -0.4 is 11.2 Å². The minimum atomic E-state index is -1.03. The fourth-order valence-corrected chi connectivity index (χ4v) is 5.92. The van der Waals surface area contributed by atoms with Gasteiger partial charge >= 0.3 is 11.6 Å². The third kappa shape index (κ3) is 4.58. The number of aromatic nitrogens is 1. The summed E-state index contributed by atoms with van der Waals surface area (Å²) in [6.45, 7) is 4.40. The molecule has 0 aliphatic carbocycles. The smallest absolute Gasteiger partial charge is 0.339 e. The first-order valence-corrected chi connectivity index (χ1v) is 13.5. The molecule has 1 atom stereocenters. The molecule has 1 aliphatic heterocycles. The first-order chi connectivity index (χ1) is 18.8. The van der Waals surface area contributed by atoms with E-state index in [0.29, 0.717) is 35.9 Å². The van der Waals surface area contributed by atoms with E-state index in [9.17, 15) is 24.6 Å². The number of hydrogen-bond donors (Lipinski definition) is 2. The average molecular weight is 532 g/mol. The summed E-state index contributed by atoms with van der Waals surface area (Å²) in [6, 6.07) is 8.90. The Bertz CT molecular complexity index is 1710. The van der Waals surface area contributed by atoms with Crippen LogP contribution in [0.25, 0.3) is 21.9 Å². The number of phenolic OH excluding ortho intramolecular Hbond substituents is 2. The Morgan fingerprint density at radius 2 is 1.95 bits per heavy atom. The predicted octanol–water partition coefficient (Wildman–Crippen LogP) is 5.20. The standard InChI is InChI=1S/C31H33NO7/c1-4-5-6-7-11-20-17(2)21-15-24(33)28(35)26(29(21)39-31(20)37)22(16-25(34)38-3)23-14-19-10-8-9-18-12-13-32(27(18)19)30(23)36/h8-10,14-15,22,33,35H,4-7,11-13,16H2,1-3H3. The summed E-state index contributed by atoms with van der Waals surface area (Å²) in [5.41, 5.74) is 2.57. The molecular weight excluding hydrogens is 498 g/mol. The van der Waals surface area contributed by atoms with Crippen molar-refractivity contribution >= 4 is 27.8 Å². The van der Waals surface area contributed by atoms with Crippen LogP contribution in [0.1, 0.15) is 72.8 Å². The van der Waals surface area contributed by atoms with E-state index >= 15 is 0 Å². The number of pyridine rings is 1. The third-order valence-corrected chi connectivity index (χ3v) is 8.00. The van der Waals surface area contributed by atoms with Crippen molar-refractivity contribution in [2.75, 3.05) is 7.11 Å². The van der Waals surface area contributed by atoms with Crippen LogP contribution in [0.3, 0.4) is 0 Å². The highest BCUT2D eigenvalue weighted by molar-refractivity contribution is 5.90. The maximum absolute atomic E-state index is 13.8. The van der Waals surface area contributed by atoms with Gasteiger partial charge in [0.2, 0.25) is 0 Å². The van der Waals surface area contributed by atoms with Gasteiger partial charge in [-0.2, -0.15) is 0 Å². The Hall–Kier alpha value is -4.07. The molecule has 0 saturated carbocycles. The molecule has 2 aromatic heterocycles. The van der Waals surface area contributed by atoms with E-state index in [1.54, 1.807) is 17.6 Å². The van der Waals surface area contributed by atoms with Crippen LogP contribution in [0.4, 0.5) is 0 Å². The van der Waals surface area contributed by atoms with Crippen LogP contribution in [0.2, 0.25) is 0 Å². The quantitative estimate of drug-likeness (QED) is 0.132. The third-order valence-electron chi connectivity index (χ3n) is 8.00. The Balaban J connectivity index is 1.76. The van der Waals surface area contributed by atoms with E-state index in [2.05, 4.69) is 6.92 Å². The van der Waals surface area contributed by atoms with Gasteiger partial charge in [-0.25, -0.2) is 4.79 Å². The molecule has 3 heterocycles. The topological polar surface area (TPSA) is 119 Å². The number of ether oxygens (including phenoxy) is 1. The molecule has 2 N–H and O–H groups in total. The second kappa shape index (κ2) is 10.6. The Kier molecular flexibility index (Phi) is 7.21. The van der Waals surface area contributed by atoms with Gasteiger partial charge in [0.15, 0.2) is 11.5 Å². The highest BCUT2D eigenvalue weighted by Crippen LogP contribution is 2.44. The van der Waals surface area contributed by atoms with Crippen LogP contribution >= 0.6 is 0 Å². The molecule has 4 aromatic rings. The summed E-state index contributed by atoms with van der Waals surface area (Å²) < 4.78 is 12.5. The molecule has 0 radical (unpaired) electrons. The number of esters is 1. The van der Waals surface area contributed by atoms with Crippen molar-refractivity contribution in [3.8, 4) is 11.5 Å². The number of benzene rings is 2. The fraction of sp³-hybridized carbons (Fsp3) is 0.387. The van der Waals surface area contributed by atoms with Gasteiger partial charge in [0, 0.05) is 34.5 Å². The zero-order valence-corrected chi connectivity index (χ0v) is 22.5. The fourth-order valence-electron chi connectivity index (χ4n) is 5.92. The summed E-state index contributed by atoms with van der Waals surface area (Å²) in [7, 11) is 1.24. The van der Waals surface area contributed by atoms with Gasteiger partial charge in [0.1, 0.15) is 5.58 Å². The summed E-state index contributed by atoms with van der Waals surface area (Å²) in [6.07, 6.45) is 4.89. The molecule has 8 heteroatoms. The number of methoxy groups -OCH3 is 1. The van der Waals surface area contributed by atoms with E-state index in [1.807, 2.05) is 18.2 Å². The lowest BCUT2D eigenvalue weighted by Crippen LogP contribution is -2.26. The van der Waals surface area contributed by atoms with Gasteiger partial charge in [-0.3, -0.25) is 9.59 Å². The normalized spacial score (nSPS) is 13.3. The second-order valence-corrected chi connectivity index (χ2v) is 10.3. The number of nitrogens with zero attached hydrogens (tertiary/aromatic N) is 1. The van der Waals surface area contributed by atoms with Crippen LogP contribution in [-0.4, -0.2) is 27.9 Å². The van der Waals surface area contributed by atoms with E-state index in [1.165, 1.54) is 13.2 Å². The number of aromatic hydroxyl groups is 2. The molecule has 2 aromatic carbocycles. The van der Waals surface area contributed by atoms with Crippen molar-refractivity contribution < 1.29 is 24.2 Å². The lowest BCUT2D eigenvalue weighted by Gasteiger charge is -2.21. The van der Waals surface area contributed by atoms with Gasteiger partial charge in [0.05, 0.1) is 19.0 Å². The van der Waals surface area contributed by atoms with Crippen molar-refractivity contribution in [2.24, 2.45) is 0 Å². The van der Waals surface area contributed by atoms with Crippen LogP contribution in [0, 0.1) is 6.92 Å². The number of fused-ring (bicyclic) bond motifs is 1. The number of carbonyl (C=O) groups excluding carboxylic acids is 1. The minimum Gasteiger partial charge on any atom is -0.504 e. The number of unbranched alkanes of at least 4 members (excludes halogenated alkanes) is 3. The van der Waals surface area contributed by atoms with Gasteiger partial charge in [0.25, 0.3) is 5.56 Å². The summed E-state index contributed by atoms with van der Waals surface area (Å²) in [5, 5.41) is 23.2. The number of carbonyl (C=O) groups is 1. The molecule has 0 amide bonds. The van der Waals surface area contributed by atoms with Gasteiger partial charge in [-0.1, -0.05) is 44.4 Å². The molecule has 1 unspecified atom stereocenters. The van der Waals surface area contributed by atoms with E-state index in [0.717, 1.165) is 42.1 Å². The largest absolute Gasteiger partial charge is 0.504 e. The van der Waals surface area contributed by atoms with Crippen molar-refractivity contribution in [1.82, 2.24) is 4.57 Å². The van der Waals surface area contributed by atoms with Crippen LogP contribution in [0.15, 0.2) is 44.3 Å². The van der Waals surface area contributed by atoms with Crippen molar-refractivity contribution in [2.45, 2.75) is 71.3 Å². The van der Waals surface area contributed by atoms with Gasteiger partial charge in [-0.05, 0) is 54.8 Å². The molecule has 39 heavy (non-hydrogen) atoms. The Labute approximate surface area is 225 Å². The number of hydrogen-bond acceptors (Lipinski definition) is 7. The first kappa shape index (κ1) is 26.5. The molecule has 0 spiro atoms. The zero-order valence-electron chi connectivity index (χ0n) is 22.5. The maximum Gasteiger partial charge on any atom is 0.339 e. The lowest BCUT2D eigenvalue weighted by atomic mass is 9.85. The number of rotatable bonds is 9. The molecule has 204 valence electrons. The van der Waals surface area contributed by atoms with E-state index in [-0.39, 0.29) is 28.7 Å². The highest BCUT2D eigenvalue weighted by atomic mass is 16.5. The highest BCUT2D eigenvalue weighted by Gasteiger charge is 2.32. The Morgan fingerprint density at radius 3 is 2.69 bits per heavy atom. The molecular formula is C31H33NO7. The number of phenols is 2. The first-order valence-electron chi connectivity index (χ1n) is 13.5. The lowest BCUT2D eigenvalue weighted by molar-refractivity contribution is -0.140. The number of para-hydroxylation sites is 1. The van der Waals surface area contributed by atoms with Gasteiger partial charge in [-0.15, -0.1) is 0 Å². The summed E-state index contributed by atoms with van der Waals surface area (Å²) in [5.74, 6) is -2.61. The molecule has 0 fully saturated rings. The van der Waals surface area contributed by atoms with E-state index in [4.69, 9.17) is 9.15 Å². The van der Waals surface area contributed by atoms with Crippen molar-refractivity contribution in [3.05, 3.63) is 78.9 Å². The predicted molar refractivity (Wildman–Crippen MR) is 149 cm³/mol. The van der Waals surface area contributed by atoms with Crippen LogP contribution in [0.5, 0.6) is 11.5 Å². The van der Waals surface area contributed by atoms with Gasteiger partial charge < -0.3 is 23.9 Å². The maximum atomic E-state index is 13.8. The average Bonchev–Trinajstić information content (AvgIpc) is 3.36. The van der Waals surface area contributed by atoms with Crippen molar-refractivity contribution in [3.63, 3.8) is 0 Å². The monoisotopic (exact) mass is 531 g/mol. The molecule has 0 saturated heterocycles. The summed E-state index contributed by atoms with van der Waals surface area (Å²) in [4.78, 5) is 39.6. The zero-order chi connectivity index (χ0) is 27.8. The van der Waals surface area contributed by atoms with Crippen molar-refractivity contribution in [1.29, 1.82) is 0 Å². The minimum absolute atomic E-state index is 0.0199. The second-order valence-electron chi connectivity index (χ2n) is 10.3. The molecule has 1 aliphatic rings. The molecule has 8 nitrogen and oxygen atoms in total. The Morgan fingerprint density at radius 1 is 1.15 bits per heavy atom. The molecule has 5 rings (SSSR count).